The van der Waals surface area contributed by atoms with E-state index in [1.165, 1.54) is 6.08 Å². The van der Waals surface area contributed by atoms with Gasteiger partial charge in [0.25, 0.3) is 0 Å². The lowest BCUT2D eigenvalue weighted by molar-refractivity contribution is -0.111. The molecule has 0 atom stereocenters. The molecule has 1 aromatic rings. The standard InChI is InChI=1S/C11H12ClNO/c1-3-5-10(14)13-9-7-4-6-8(2)11(9)12/h3-7H,1-2H3,(H,13,14)/b5-3+. The SMILES string of the molecule is C/C=C/C(=O)Nc1cccc(C)c1Cl. The van der Waals surface area contributed by atoms with Crippen molar-refractivity contribution in [3.05, 3.63) is 40.9 Å². The molecule has 0 aromatic heterocycles. The molecule has 0 fully saturated rings. The number of hydrogen-bond donors (Lipinski definition) is 1. The van der Waals surface area contributed by atoms with Gasteiger partial charge < -0.3 is 5.32 Å². The lowest BCUT2D eigenvalue weighted by Crippen LogP contribution is -2.08. The summed E-state index contributed by atoms with van der Waals surface area (Å²) in [6.07, 6.45) is 3.14. The third-order valence-electron chi connectivity index (χ3n) is 1.77. The van der Waals surface area contributed by atoms with Crippen molar-refractivity contribution < 1.29 is 4.79 Å². The molecule has 1 aromatic carbocycles. The highest BCUT2D eigenvalue weighted by Gasteiger charge is 2.03. The summed E-state index contributed by atoms with van der Waals surface area (Å²) in [6.45, 7) is 3.69. The van der Waals surface area contributed by atoms with Gasteiger partial charge in [0.1, 0.15) is 0 Å². The van der Waals surface area contributed by atoms with Gasteiger partial charge in [-0.25, -0.2) is 0 Å². The van der Waals surface area contributed by atoms with Gasteiger partial charge in [0.05, 0.1) is 10.7 Å². The number of carbonyl (C=O) groups excluding carboxylic acids is 1. The van der Waals surface area contributed by atoms with E-state index in [1.807, 2.05) is 19.1 Å². The molecule has 2 nitrogen and oxygen atoms in total. The Kier molecular flexibility index (Phi) is 3.72. The van der Waals surface area contributed by atoms with Crippen molar-refractivity contribution in [2.75, 3.05) is 5.32 Å². The molecule has 0 aliphatic heterocycles. The van der Waals surface area contributed by atoms with E-state index in [2.05, 4.69) is 5.32 Å². The number of rotatable bonds is 2. The van der Waals surface area contributed by atoms with Gasteiger partial charge in [0, 0.05) is 0 Å². The summed E-state index contributed by atoms with van der Waals surface area (Å²) in [4.78, 5) is 11.2. The Hall–Kier alpha value is -1.28. The summed E-state index contributed by atoms with van der Waals surface area (Å²) >= 11 is 6.00. The average molecular weight is 210 g/mol. The summed E-state index contributed by atoms with van der Waals surface area (Å²) < 4.78 is 0. The summed E-state index contributed by atoms with van der Waals surface area (Å²) in [7, 11) is 0. The van der Waals surface area contributed by atoms with E-state index in [0.717, 1.165) is 5.56 Å². The predicted octanol–water partition coefficient (Wildman–Crippen LogP) is 3.16. The maximum atomic E-state index is 11.2. The van der Waals surface area contributed by atoms with Crippen LogP contribution in [0.4, 0.5) is 5.69 Å². The van der Waals surface area contributed by atoms with E-state index in [-0.39, 0.29) is 5.91 Å². The maximum absolute atomic E-state index is 11.2. The molecule has 0 aliphatic rings. The normalized spacial score (nSPS) is 10.5. The topological polar surface area (TPSA) is 29.1 Å². The van der Waals surface area contributed by atoms with Gasteiger partial charge in [-0.15, -0.1) is 0 Å². The van der Waals surface area contributed by atoms with Crippen LogP contribution in [-0.4, -0.2) is 5.91 Å². The third-order valence-corrected chi connectivity index (χ3v) is 2.27. The molecule has 0 saturated carbocycles. The van der Waals surface area contributed by atoms with Crippen molar-refractivity contribution in [1.82, 2.24) is 0 Å². The number of halogens is 1. The Balaban J connectivity index is 2.87. The fraction of sp³-hybridized carbons (Fsp3) is 0.182. The van der Waals surface area contributed by atoms with Crippen LogP contribution in [0.1, 0.15) is 12.5 Å². The molecule has 0 spiro atoms. The monoisotopic (exact) mass is 209 g/mol. The van der Waals surface area contributed by atoms with Gasteiger partial charge in [0.15, 0.2) is 0 Å². The van der Waals surface area contributed by atoms with Crippen LogP contribution in [0.5, 0.6) is 0 Å². The van der Waals surface area contributed by atoms with Crippen LogP contribution in [0.3, 0.4) is 0 Å². The molecule has 1 N–H and O–H groups in total. The zero-order valence-corrected chi connectivity index (χ0v) is 8.93. The number of nitrogens with one attached hydrogen (secondary N) is 1. The van der Waals surface area contributed by atoms with E-state index < -0.39 is 0 Å². The minimum atomic E-state index is -0.167. The molecular weight excluding hydrogens is 198 g/mol. The lowest BCUT2D eigenvalue weighted by atomic mass is 10.2. The van der Waals surface area contributed by atoms with Crippen LogP contribution in [-0.2, 0) is 4.79 Å². The summed E-state index contributed by atoms with van der Waals surface area (Å²) in [6, 6.07) is 5.52. The first-order valence-corrected chi connectivity index (χ1v) is 4.71. The van der Waals surface area contributed by atoms with Gasteiger partial charge >= 0.3 is 0 Å². The number of hydrogen-bond acceptors (Lipinski definition) is 1. The van der Waals surface area contributed by atoms with Gasteiger partial charge in [-0.1, -0.05) is 29.8 Å². The first kappa shape index (κ1) is 10.8. The van der Waals surface area contributed by atoms with E-state index in [1.54, 1.807) is 19.1 Å². The summed E-state index contributed by atoms with van der Waals surface area (Å²) in [5.74, 6) is -0.167. The van der Waals surface area contributed by atoms with Crippen molar-refractivity contribution in [3.8, 4) is 0 Å². The first-order chi connectivity index (χ1) is 6.65. The predicted molar refractivity (Wildman–Crippen MR) is 59.6 cm³/mol. The van der Waals surface area contributed by atoms with Crippen LogP contribution >= 0.6 is 11.6 Å². The molecule has 0 bridgehead atoms. The molecule has 0 aliphatic carbocycles. The molecule has 0 unspecified atom stereocenters. The highest BCUT2D eigenvalue weighted by Crippen LogP contribution is 2.24. The molecule has 74 valence electrons. The number of anilines is 1. The second-order valence-corrected chi connectivity index (χ2v) is 3.30. The van der Waals surface area contributed by atoms with Gasteiger partial charge in [-0.3, -0.25) is 4.79 Å². The molecule has 0 heterocycles. The van der Waals surface area contributed by atoms with Crippen LogP contribution in [0.25, 0.3) is 0 Å². The van der Waals surface area contributed by atoms with Gasteiger partial charge in [-0.2, -0.15) is 0 Å². The minimum absolute atomic E-state index is 0.167. The number of carbonyl (C=O) groups is 1. The van der Waals surface area contributed by atoms with Crippen LogP contribution in [0.15, 0.2) is 30.4 Å². The zero-order chi connectivity index (χ0) is 10.6. The van der Waals surface area contributed by atoms with E-state index in [9.17, 15) is 4.79 Å². The van der Waals surface area contributed by atoms with E-state index in [0.29, 0.717) is 10.7 Å². The molecule has 0 saturated heterocycles. The van der Waals surface area contributed by atoms with E-state index in [4.69, 9.17) is 11.6 Å². The van der Waals surface area contributed by atoms with Crippen molar-refractivity contribution in [2.45, 2.75) is 13.8 Å². The van der Waals surface area contributed by atoms with Gasteiger partial charge in [-0.05, 0) is 31.6 Å². The quantitative estimate of drug-likeness (QED) is 0.745. The van der Waals surface area contributed by atoms with Crippen molar-refractivity contribution >= 4 is 23.2 Å². The average Bonchev–Trinajstić information content (AvgIpc) is 2.13. The minimum Gasteiger partial charge on any atom is -0.321 e. The molecular formula is C11H12ClNO. The maximum Gasteiger partial charge on any atom is 0.248 e. The molecule has 0 radical (unpaired) electrons. The second-order valence-electron chi connectivity index (χ2n) is 2.93. The molecule has 3 heteroatoms. The third kappa shape index (κ3) is 2.60. The van der Waals surface area contributed by atoms with Crippen molar-refractivity contribution in [3.63, 3.8) is 0 Å². The molecule has 14 heavy (non-hydrogen) atoms. The van der Waals surface area contributed by atoms with E-state index >= 15 is 0 Å². The summed E-state index contributed by atoms with van der Waals surface area (Å²) in [5, 5.41) is 3.28. The van der Waals surface area contributed by atoms with Crippen LogP contribution < -0.4 is 5.32 Å². The smallest absolute Gasteiger partial charge is 0.248 e. The second kappa shape index (κ2) is 4.82. The fourth-order valence-electron chi connectivity index (χ4n) is 1.07. The van der Waals surface area contributed by atoms with Gasteiger partial charge in [0.2, 0.25) is 5.91 Å². The fourth-order valence-corrected chi connectivity index (χ4v) is 1.24. The Morgan fingerprint density at radius 3 is 2.86 bits per heavy atom. The lowest BCUT2D eigenvalue weighted by Gasteiger charge is -2.06. The zero-order valence-electron chi connectivity index (χ0n) is 8.17. The van der Waals surface area contributed by atoms with Crippen LogP contribution in [0.2, 0.25) is 5.02 Å². The Bertz CT molecular complexity index is 372. The van der Waals surface area contributed by atoms with Crippen molar-refractivity contribution in [2.24, 2.45) is 0 Å². The Morgan fingerprint density at radius 2 is 2.21 bits per heavy atom. The number of allylic oxidation sites excluding steroid dienone is 1. The highest BCUT2D eigenvalue weighted by atomic mass is 35.5. The largest absolute Gasteiger partial charge is 0.321 e. The number of benzene rings is 1. The summed E-state index contributed by atoms with van der Waals surface area (Å²) in [5.41, 5.74) is 1.60. The number of aryl methyl sites for hydroxylation is 1. The molecule has 1 rings (SSSR count). The Labute approximate surface area is 88.6 Å². The Morgan fingerprint density at radius 1 is 1.50 bits per heavy atom. The number of amides is 1. The molecule has 1 amide bonds. The highest BCUT2D eigenvalue weighted by molar-refractivity contribution is 6.34. The first-order valence-electron chi connectivity index (χ1n) is 4.34. The van der Waals surface area contributed by atoms with Crippen LogP contribution in [0, 0.1) is 6.92 Å². The van der Waals surface area contributed by atoms with Crippen molar-refractivity contribution in [1.29, 1.82) is 0 Å².